The predicted octanol–water partition coefficient (Wildman–Crippen LogP) is 2.76. The van der Waals surface area contributed by atoms with Gasteiger partial charge in [-0.3, -0.25) is 14.9 Å². The number of fused-ring (bicyclic) bond motifs is 1. The first-order chi connectivity index (χ1) is 11.5. The van der Waals surface area contributed by atoms with Gasteiger partial charge >= 0.3 is 11.9 Å². The molecule has 0 amide bonds. The molecular formula is C17H13NO6. The van der Waals surface area contributed by atoms with Crippen LogP contribution in [-0.4, -0.2) is 24.0 Å². The molecule has 0 radical (unpaired) electrons. The summed E-state index contributed by atoms with van der Waals surface area (Å²) in [5.74, 6) is -1.92. The highest BCUT2D eigenvalue weighted by atomic mass is 16.6. The number of esters is 2. The number of hydrogen-bond donors (Lipinski definition) is 0. The lowest BCUT2D eigenvalue weighted by Crippen LogP contribution is -2.31. The Labute approximate surface area is 137 Å². The molecule has 0 fully saturated rings. The third-order valence-corrected chi connectivity index (χ3v) is 3.94. The van der Waals surface area contributed by atoms with E-state index in [-0.39, 0.29) is 5.69 Å². The van der Waals surface area contributed by atoms with E-state index in [0.717, 1.165) is 0 Å². The molecule has 1 aliphatic heterocycles. The largest absolute Gasteiger partial charge is 0.468 e. The summed E-state index contributed by atoms with van der Waals surface area (Å²) in [6.45, 7) is 0. The van der Waals surface area contributed by atoms with Crippen molar-refractivity contribution in [3.63, 3.8) is 0 Å². The minimum absolute atomic E-state index is 0.0871. The molecule has 24 heavy (non-hydrogen) atoms. The number of methoxy groups -OCH3 is 1. The van der Waals surface area contributed by atoms with Crippen molar-refractivity contribution < 1.29 is 24.0 Å². The van der Waals surface area contributed by atoms with E-state index in [1.807, 2.05) is 0 Å². The molecule has 2 unspecified atom stereocenters. The van der Waals surface area contributed by atoms with Crippen molar-refractivity contribution in [2.75, 3.05) is 7.11 Å². The number of rotatable bonds is 3. The average molecular weight is 327 g/mol. The average Bonchev–Trinajstić information content (AvgIpc) is 2.61. The maximum Gasteiger partial charge on any atom is 0.339 e. The summed E-state index contributed by atoms with van der Waals surface area (Å²) in [6, 6.07) is 12.2. The Kier molecular flexibility index (Phi) is 3.99. The van der Waals surface area contributed by atoms with Crippen LogP contribution in [0.1, 0.15) is 33.5 Å². The van der Waals surface area contributed by atoms with Crippen LogP contribution < -0.4 is 0 Å². The smallest absolute Gasteiger partial charge is 0.339 e. The van der Waals surface area contributed by atoms with Crippen molar-refractivity contribution in [3.05, 3.63) is 75.3 Å². The Morgan fingerprint density at radius 2 is 1.83 bits per heavy atom. The summed E-state index contributed by atoms with van der Waals surface area (Å²) in [5, 5.41) is 10.8. The van der Waals surface area contributed by atoms with Crippen molar-refractivity contribution in [1.29, 1.82) is 0 Å². The highest BCUT2D eigenvalue weighted by Gasteiger charge is 2.41. The van der Waals surface area contributed by atoms with Crippen molar-refractivity contribution in [1.82, 2.24) is 0 Å². The normalized spacial score (nSPS) is 19.1. The van der Waals surface area contributed by atoms with Gasteiger partial charge in [0, 0.05) is 12.1 Å². The molecule has 3 rings (SSSR count). The third-order valence-electron chi connectivity index (χ3n) is 3.94. The Bertz CT molecular complexity index is 814. The molecule has 1 heterocycles. The monoisotopic (exact) mass is 327 g/mol. The summed E-state index contributed by atoms with van der Waals surface area (Å²) in [4.78, 5) is 34.7. The summed E-state index contributed by atoms with van der Waals surface area (Å²) in [6.07, 6.45) is -0.902. The van der Waals surface area contributed by atoms with Gasteiger partial charge in [0.25, 0.3) is 5.69 Å². The molecule has 122 valence electrons. The SMILES string of the molecule is COC(=O)C1c2ccccc2C(=O)OC1c1ccc([N+](=O)[O-])cc1. The van der Waals surface area contributed by atoms with E-state index in [1.165, 1.54) is 31.4 Å². The predicted molar refractivity (Wildman–Crippen MR) is 82.5 cm³/mol. The van der Waals surface area contributed by atoms with E-state index < -0.39 is 28.9 Å². The minimum atomic E-state index is -0.902. The van der Waals surface area contributed by atoms with Crippen LogP contribution in [0.2, 0.25) is 0 Å². The lowest BCUT2D eigenvalue weighted by molar-refractivity contribution is -0.384. The number of carbonyl (C=O) groups excluding carboxylic acids is 2. The Morgan fingerprint density at radius 1 is 1.17 bits per heavy atom. The van der Waals surface area contributed by atoms with Gasteiger partial charge in [-0.15, -0.1) is 0 Å². The minimum Gasteiger partial charge on any atom is -0.468 e. The van der Waals surface area contributed by atoms with E-state index in [4.69, 9.17) is 9.47 Å². The van der Waals surface area contributed by atoms with Gasteiger partial charge in [-0.25, -0.2) is 4.79 Å². The maximum atomic E-state index is 12.3. The van der Waals surface area contributed by atoms with E-state index in [1.54, 1.807) is 24.3 Å². The molecule has 2 atom stereocenters. The van der Waals surface area contributed by atoms with Gasteiger partial charge in [0.05, 0.1) is 17.6 Å². The lowest BCUT2D eigenvalue weighted by atomic mass is 9.84. The van der Waals surface area contributed by atoms with Gasteiger partial charge in [-0.1, -0.05) is 18.2 Å². The second kappa shape index (κ2) is 6.11. The highest BCUT2D eigenvalue weighted by Crippen LogP contribution is 2.41. The fourth-order valence-electron chi connectivity index (χ4n) is 2.79. The van der Waals surface area contributed by atoms with Crippen LogP contribution in [0.5, 0.6) is 0 Å². The second-order valence-corrected chi connectivity index (χ2v) is 5.26. The summed E-state index contributed by atoms with van der Waals surface area (Å²) in [5.41, 5.74) is 1.23. The zero-order valence-electron chi connectivity index (χ0n) is 12.7. The Balaban J connectivity index is 2.07. The van der Waals surface area contributed by atoms with E-state index in [2.05, 4.69) is 0 Å². The first-order valence-electron chi connectivity index (χ1n) is 7.15. The molecule has 0 N–H and O–H groups in total. The van der Waals surface area contributed by atoms with Gasteiger partial charge in [0.2, 0.25) is 0 Å². The number of non-ortho nitro benzene ring substituents is 1. The van der Waals surface area contributed by atoms with Gasteiger partial charge in [0.1, 0.15) is 12.0 Å². The van der Waals surface area contributed by atoms with Crippen LogP contribution in [0.4, 0.5) is 5.69 Å². The summed E-state index contributed by atoms with van der Waals surface area (Å²) < 4.78 is 10.3. The number of cyclic esters (lactones) is 1. The van der Waals surface area contributed by atoms with Crippen LogP contribution >= 0.6 is 0 Å². The van der Waals surface area contributed by atoms with Crippen molar-refractivity contribution in [2.24, 2.45) is 0 Å². The molecule has 0 bridgehead atoms. The molecule has 0 aromatic heterocycles. The standard InChI is InChI=1S/C17H13NO6/c1-23-17(20)14-12-4-2-3-5-13(12)16(19)24-15(14)10-6-8-11(9-7-10)18(21)22/h2-9,14-15H,1H3. The highest BCUT2D eigenvalue weighted by molar-refractivity contribution is 5.96. The molecule has 0 aliphatic carbocycles. The van der Waals surface area contributed by atoms with Crippen LogP contribution in [0.15, 0.2) is 48.5 Å². The van der Waals surface area contributed by atoms with Crippen LogP contribution in [0.25, 0.3) is 0 Å². The van der Waals surface area contributed by atoms with Crippen molar-refractivity contribution in [2.45, 2.75) is 12.0 Å². The van der Waals surface area contributed by atoms with E-state index in [0.29, 0.717) is 16.7 Å². The summed E-state index contributed by atoms with van der Waals surface area (Å²) in [7, 11) is 1.26. The molecule has 2 aromatic carbocycles. The third kappa shape index (κ3) is 2.60. The van der Waals surface area contributed by atoms with Gasteiger partial charge < -0.3 is 9.47 Å². The molecule has 2 aromatic rings. The molecule has 7 heteroatoms. The second-order valence-electron chi connectivity index (χ2n) is 5.26. The van der Waals surface area contributed by atoms with Crippen molar-refractivity contribution in [3.8, 4) is 0 Å². The molecule has 0 saturated heterocycles. The fourth-order valence-corrected chi connectivity index (χ4v) is 2.79. The van der Waals surface area contributed by atoms with E-state index in [9.17, 15) is 19.7 Å². The number of ether oxygens (including phenoxy) is 2. The topological polar surface area (TPSA) is 95.7 Å². The van der Waals surface area contributed by atoms with Crippen molar-refractivity contribution >= 4 is 17.6 Å². The van der Waals surface area contributed by atoms with Crippen LogP contribution in [0, 0.1) is 10.1 Å². The van der Waals surface area contributed by atoms with Crippen LogP contribution in [0.3, 0.4) is 0 Å². The Morgan fingerprint density at radius 3 is 2.46 bits per heavy atom. The zero-order valence-corrected chi connectivity index (χ0v) is 12.7. The lowest BCUT2D eigenvalue weighted by Gasteiger charge is -2.31. The van der Waals surface area contributed by atoms with E-state index >= 15 is 0 Å². The number of hydrogen-bond acceptors (Lipinski definition) is 6. The number of benzene rings is 2. The molecule has 7 nitrogen and oxygen atoms in total. The molecule has 0 saturated carbocycles. The number of carbonyl (C=O) groups is 2. The molecular weight excluding hydrogens is 314 g/mol. The van der Waals surface area contributed by atoms with Gasteiger partial charge in [-0.05, 0) is 29.3 Å². The van der Waals surface area contributed by atoms with Gasteiger partial charge in [0.15, 0.2) is 0 Å². The first-order valence-corrected chi connectivity index (χ1v) is 7.15. The zero-order chi connectivity index (χ0) is 17.3. The summed E-state index contributed by atoms with van der Waals surface area (Å²) >= 11 is 0. The fraction of sp³-hybridized carbons (Fsp3) is 0.176. The number of nitro benzene ring substituents is 1. The quantitative estimate of drug-likeness (QED) is 0.488. The first kappa shape index (κ1) is 15.7. The Hall–Kier alpha value is -3.22. The number of nitro groups is 1. The maximum absolute atomic E-state index is 12.3. The van der Waals surface area contributed by atoms with Crippen LogP contribution in [-0.2, 0) is 14.3 Å². The number of nitrogens with zero attached hydrogens (tertiary/aromatic N) is 1. The van der Waals surface area contributed by atoms with Gasteiger partial charge in [-0.2, -0.15) is 0 Å². The molecule has 1 aliphatic rings. The molecule has 0 spiro atoms.